The van der Waals surface area contributed by atoms with Crippen molar-refractivity contribution in [3.63, 3.8) is 0 Å². The lowest BCUT2D eigenvalue weighted by Gasteiger charge is -2.09. The number of nitrogen functional groups attached to an aromatic ring is 1. The summed E-state index contributed by atoms with van der Waals surface area (Å²) >= 11 is 3.05. The van der Waals surface area contributed by atoms with Crippen LogP contribution in [0.2, 0.25) is 0 Å². The molecule has 0 aliphatic carbocycles. The van der Waals surface area contributed by atoms with Crippen LogP contribution in [0, 0.1) is 18.6 Å². The molecule has 0 fully saturated rings. The first-order valence-corrected chi connectivity index (χ1v) is 6.66. The van der Waals surface area contributed by atoms with Gasteiger partial charge < -0.3 is 5.73 Å². The standard InChI is InChI=1S/C14H10BrF2N3/c1-7-2-3-12-11(4-7)19-14(18)20(12)13-5-8(15)9(16)6-10(13)17/h2-6H,1H3,(H2,18,19). The van der Waals surface area contributed by atoms with Crippen molar-refractivity contribution in [2.45, 2.75) is 6.92 Å². The molecule has 20 heavy (non-hydrogen) atoms. The molecule has 1 heterocycles. The van der Waals surface area contributed by atoms with Crippen molar-refractivity contribution in [3.8, 4) is 5.69 Å². The molecule has 2 N–H and O–H groups in total. The highest BCUT2D eigenvalue weighted by Gasteiger charge is 2.16. The van der Waals surface area contributed by atoms with Crippen molar-refractivity contribution in [1.29, 1.82) is 0 Å². The zero-order valence-electron chi connectivity index (χ0n) is 10.5. The van der Waals surface area contributed by atoms with E-state index >= 15 is 0 Å². The van der Waals surface area contributed by atoms with Crippen LogP contribution in [0.3, 0.4) is 0 Å². The summed E-state index contributed by atoms with van der Waals surface area (Å²) in [5, 5.41) is 0. The number of rotatable bonds is 1. The van der Waals surface area contributed by atoms with Crippen LogP contribution in [-0.2, 0) is 0 Å². The molecular formula is C14H10BrF2N3. The summed E-state index contributed by atoms with van der Waals surface area (Å²) in [4.78, 5) is 4.21. The molecule has 0 radical (unpaired) electrons. The molecule has 3 nitrogen and oxygen atoms in total. The normalized spacial score (nSPS) is 11.2. The van der Waals surface area contributed by atoms with Gasteiger partial charge in [0.2, 0.25) is 5.95 Å². The molecule has 0 unspecified atom stereocenters. The minimum Gasteiger partial charge on any atom is -0.369 e. The SMILES string of the molecule is Cc1ccc2c(c1)nc(N)n2-c1cc(Br)c(F)cc1F. The fourth-order valence-corrected chi connectivity index (χ4v) is 2.48. The Balaban J connectivity index is 2.35. The average molecular weight is 338 g/mol. The van der Waals surface area contributed by atoms with Gasteiger partial charge in [-0.05, 0) is 46.6 Å². The molecule has 0 amide bonds. The van der Waals surface area contributed by atoms with Gasteiger partial charge in [-0.3, -0.25) is 4.57 Å². The minimum atomic E-state index is -0.697. The third-order valence-electron chi connectivity index (χ3n) is 3.07. The third-order valence-corrected chi connectivity index (χ3v) is 3.67. The summed E-state index contributed by atoms with van der Waals surface area (Å²) in [5.74, 6) is -1.20. The van der Waals surface area contributed by atoms with Crippen LogP contribution in [0.5, 0.6) is 0 Å². The summed E-state index contributed by atoms with van der Waals surface area (Å²) < 4.78 is 29.0. The van der Waals surface area contributed by atoms with Gasteiger partial charge in [-0.15, -0.1) is 0 Å². The lowest BCUT2D eigenvalue weighted by atomic mass is 10.2. The van der Waals surface area contributed by atoms with Crippen molar-refractivity contribution >= 4 is 32.9 Å². The average Bonchev–Trinajstić information content (AvgIpc) is 2.69. The van der Waals surface area contributed by atoms with Crippen molar-refractivity contribution in [2.24, 2.45) is 0 Å². The topological polar surface area (TPSA) is 43.8 Å². The first-order chi connectivity index (χ1) is 9.47. The summed E-state index contributed by atoms with van der Waals surface area (Å²) in [5.41, 5.74) is 8.39. The molecule has 0 atom stereocenters. The Bertz CT molecular complexity index is 827. The van der Waals surface area contributed by atoms with Crippen LogP contribution in [0.1, 0.15) is 5.56 Å². The quantitative estimate of drug-likeness (QED) is 0.683. The smallest absolute Gasteiger partial charge is 0.206 e. The van der Waals surface area contributed by atoms with E-state index in [-0.39, 0.29) is 16.1 Å². The van der Waals surface area contributed by atoms with Crippen molar-refractivity contribution < 1.29 is 8.78 Å². The molecule has 0 aliphatic heterocycles. The largest absolute Gasteiger partial charge is 0.369 e. The lowest BCUT2D eigenvalue weighted by molar-refractivity contribution is 0.574. The van der Waals surface area contributed by atoms with E-state index in [1.165, 1.54) is 10.6 Å². The number of nitrogens with two attached hydrogens (primary N) is 1. The van der Waals surface area contributed by atoms with E-state index in [1.807, 2.05) is 25.1 Å². The maximum absolute atomic E-state index is 14.0. The molecule has 0 aliphatic rings. The van der Waals surface area contributed by atoms with E-state index in [1.54, 1.807) is 0 Å². The molecule has 0 saturated heterocycles. The first-order valence-electron chi connectivity index (χ1n) is 5.87. The number of fused-ring (bicyclic) bond motifs is 1. The molecule has 0 spiro atoms. The monoisotopic (exact) mass is 337 g/mol. The summed E-state index contributed by atoms with van der Waals surface area (Å²) in [6.07, 6.45) is 0. The second-order valence-electron chi connectivity index (χ2n) is 4.52. The predicted octanol–water partition coefficient (Wildman–Crippen LogP) is 3.96. The zero-order chi connectivity index (χ0) is 14.4. The lowest BCUT2D eigenvalue weighted by Crippen LogP contribution is -2.03. The van der Waals surface area contributed by atoms with Gasteiger partial charge in [-0.2, -0.15) is 0 Å². The van der Waals surface area contributed by atoms with Crippen molar-refractivity contribution in [3.05, 3.63) is 52.0 Å². The maximum Gasteiger partial charge on any atom is 0.206 e. The number of halogens is 3. The van der Waals surface area contributed by atoms with E-state index in [0.717, 1.165) is 11.6 Å². The Morgan fingerprint density at radius 3 is 2.65 bits per heavy atom. The van der Waals surface area contributed by atoms with Crippen LogP contribution in [-0.4, -0.2) is 9.55 Å². The number of hydrogen-bond acceptors (Lipinski definition) is 2. The van der Waals surface area contributed by atoms with Crippen LogP contribution < -0.4 is 5.73 Å². The van der Waals surface area contributed by atoms with Crippen LogP contribution in [0.15, 0.2) is 34.8 Å². The minimum absolute atomic E-state index is 0.155. The number of hydrogen-bond donors (Lipinski definition) is 1. The number of benzene rings is 2. The molecule has 102 valence electrons. The van der Waals surface area contributed by atoms with Crippen LogP contribution in [0.25, 0.3) is 16.7 Å². The number of anilines is 1. The fourth-order valence-electron chi connectivity index (χ4n) is 2.15. The van der Waals surface area contributed by atoms with Gasteiger partial charge in [0.1, 0.15) is 11.6 Å². The zero-order valence-corrected chi connectivity index (χ0v) is 12.1. The Hall–Kier alpha value is -1.95. The van der Waals surface area contributed by atoms with Crippen molar-refractivity contribution in [2.75, 3.05) is 5.73 Å². The Morgan fingerprint density at radius 1 is 1.15 bits per heavy atom. The summed E-state index contributed by atoms with van der Waals surface area (Å²) in [6.45, 7) is 1.93. The molecule has 0 bridgehead atoms. The fraction of sp³-hybridized carbons (Fsp3) is 0.0714. The third kappa shape index (κ3) is 1.96. The predicted molar refractivity (Wildman–Crippen MR) is 77.8 cm³/mol. The van der Waals surface area contributed by atoms with Gasteiger partial charge in [0, 0.05) is 6.07 Å². The maximum atomic E-state index is 14.0. The summed E-state index contributed by atoms with van der Waals surface area (Å²) in [6, 6.07) is 7.72. The van der Waals surface area contributed by atoms with E-state index in [0.29, 0.717) is 11.0 Å². The molecule has 2 aromatic carbocycles. The molecule has 3 aromatic rings. The highest BCUT2D eigenvalue weighted by atomic mass is 79.9. The number of nitrogens with zero attached hydrogens (tertiary/aromatic N) is 2. The van der Waals surface area contributed by atoms with Gasteiger partial charge in [-0.1, -0.05) is 6.07 Å². The van der Waals surface area contributed by atoms with Gasteiger partial charge in [-0.25, -0.2) is 13.8 Å². The van der Waals surface area contributed by atoms with E-state index in [4.69, 9.17) is 5.73 Å². The molecule has 0 saturated carbocycles. The van der Waals surface area contributed by atoms with E-state index < -0.39 is 11.6 Å². The van der Waals surface area contributed by atoms with Gasteiger partial charge in [0.15, 0.2) is 0 Å². The second-order valence-corrected chi connectivity index (χ2v) is 5.37. The Kier molecular flexibility index (Phi) is 2.97. The summed E-state index contributed by atoms with van der Waals surface area (Å²) in [7, 11) is 0. The van der Waals surface area contributed by atoms with Crippen LogP contribution in [0.4, 0.5) is 14.7 Å². The highest BCUT2D eigenvalue weighted by molar-refractivity contribution is 9.10. The Labute approximate surface area is 122 Å². The number of aromatic nitrogens is 2. The molecular weight excluding hydrogens is 328 g/mol. The van der Waals surface area contributed by atoms with Gasteiger partial charge >= 0.3 is 0 Å². The van der Waals surface area contributed by atoms with E-state index in [2.05, 4.69) is 20.9 Å². The van der Waals surface area contributed by atoms with Crippen LogP contribution >= 0.6 is 15.9 Å². The molecule has 3 rings (SSSR count). The highest BCUT2D eigenvalue weighted by Crippen LogP contribution is 2.28. The molecule has 1 aromatic heterocycles. The van der Waals surface area contributed by atoms with E-state index in [9.17, 15) is 8.78 Å². The number of imidazole rings is 1. The van der Waals surface area contributed by atoms with Gasteiger partial charge in [0.25, 0.3) is 0 Å². The Morgan fingerprint density at radius 2 is 1.90 bits per heavy atom. The van der Waals surface area contributed by atoms with Gasteiger partial charge in [0.05, 0.1) is 21.2 Å². The van der Waals surface area contributed by atoms with Crippen molar-refractivity contribution in [1.82, 2.24) is 9.55 Å². The second kappa shape index (κ2) is 4.56. The first kappa shape index (κ1) is 13.1. The number of aryl methyl sites for hydroxylation is 1. The molecule has 6 heteroatoms.